The molecule has 0 aliphatic carbocycles. The van der Waals surface area contributed by atoms with Crippen molar-refractivity contribution in [1.29, 1.82) is 0 Å². The predicted molar refractivity (Wildman–Crippen MR) is 157 cm³/mol. The van der Waals surface area contributed by atoms with Gasteiger partial charge in [-0.1, -0.05) is 19.9 Å². The summed E-state index contributed by atoms with van der Waals surface area (Å²) in [5.41, 5.74) is 2.01. The molecule has 0 N–H and O–H groups in total. The van der Waals surface area contributed by atoms with Gasteiger partial charge in [0.1, 0.15) is 22.8 Å². The Balaban J connectivity index is 1.67. The van der Waals surface area contributed by atoms with E-state index in [0.29, 0.717) is 56.2 Å². The van der Waals surface area contributed by atoms with Gasteiger partial charge in [-0.25, -0.2) is 28.1 Å². The van der Waals surface area contributed by atoms with Crippen LogP contribution in [-0.2, 0) is 28.2 Å². The van der Waals surface area contributed by atoms with E-state index in [1.807, 2.05) is 32.0 Å². The lowest BCUT2D eigenvalue weighted by molar-refractivity contribution is 0.144. The van der Waals surface area contributed by atoms with E-state index in [9.17, 15) is 13.2 Å². The number of aryl methyl sites for hydroxylation is 2. The number of hydrogen-bond donors (Lipinski definition) is 0. The number of nitrogens with zero attached hydrogens (tertiary/aromatic N) is 8. The number of aromatic nitrogens is 6. The zero-order valence-electron chi connectivity index (χ0n) is 24.6. The van der Waals surface area contributed by atoms with Gasteiger partial charge in [-0.3, -0.25) is 9.36 Å². The predicted octanol–water partition coefficient (Wildman–Crippen LogP) is 1.80. The molecule has 0 unspecified atom stereocenters. The molecule has 42 heavy (non-hydrogen) atoms. The summed E-state index contributed by atoms with van der Waals surface area (Å²) in [5, 5.41) is 4.59. The van der Waals surface area contributed by atoms with Crippen molar-refractivity contribution < 1.29 is 17.9 Å². The molecule has 0 saturated carbocycles. The third-order valence-electron chi connectivity index (χ3n) is 7.43. The zero-order chi connectivity index (χ0) is 30.0. The lowest BCUT2D eigenvalue weighted by Gasteiger charge is -2.33. The molecule has 0 radical (unpaired) electrons. The van der Waals surface area contributed by atoms with E-state index in [1.165, 1.54) is 21.1 Å². The maximum absolute atomic E-state index is 13.7. The van der Waals surface area contributed by atoms with E-state index in [-0.39, 0.29) is 39.8 Å². The minimum atomic E-state index is -3.86. The molecule has 4 aromatic heterocycles. The highest BCUT2D eigenvalue weighted by Crippen LogP contribution is 2.31. The topological polar surface area (TPSA) is 138 Å². The lowest BCUT2D eigenvalue weighted by atomic mass is 10.2. The molecule has 0 spiro atoms. The number of rotatable bonds is 10. The summed E-state index contributed by atoms with van der Waals surface area (Å²) < 4.78 is 42.8. The summed E-state index contributed by atoms with van der Waals surface area (Å²) in [4.78, 5) is 29.7. The summed E-state index contributed by atoms with van der Waals surface area (Å²) in [7, 11) is -0.730. The minimum Gasteiger partial charge on any atom is -0.475 e. The molecule has 13 nitrogen and oxygen atoms in total. The Kier molecular flexibility index (Phi) is 8.68. The van der Waals surface area contributed by atoms with Gasteiger partial charge in [0.2, 0.25) is 15.9 Å². The van der Waals surface area contributed by atoms with Crippen molar-refractivity contribution in [3.8, 4) is 23.1 Å². The first-order valence-corrected chi connectivity index (χ1v) is 15.4. The first-order valence-electron chi connectivity index (χ1n) is 14.0. The third kappa shape index (κ3) is 5.54. The smallest absolute Gasteiger partial charge is 0.281 e. The molecule has 1 saturated heterocycles. The van der Waals surface area contributed by atoms with Gasteiger partial charge in [0.05, 0.1) is 24.1 Å². The third-order valence-corrected chi connectivity index (χ3v) is 9.29. The van der Waals surface area contributed by atoms with Gasteiger partial charge in [-0.15, -0.1) is 0 Å². The van der Waals surface area contributed by atoms with Crippen LogP contribution in [0.3, 0.4) is 0 Å². The Morgan fingerprint density at radius 1 is 1.02 bits per heavy atom. The fraction of sp³-hybridized carbons (Fsp3) is 0.464. The maximum Gasteiger partial charge on any atom is 0.281 e. The van der Waals surface area contributed by atoms with Crippen molar-refractivity contribution in [2.24, 2.45) is 7.05 Å². The Morgan fingerprint density at radius 3 is 2.45 bits per heavy atom. The molecule has 0 aromatic carbocycles. The maximum atomic E-state index is 13.7. The minimum absolute atomic E-state index is 0.00579. The van der Waals surface area contributed by atoms with E-state index in [4.69, 9.17) is 14.5 Å². The highest BCUT2D eigenvalue weighted by atomic mass is 32.2. The number of fused-ring (bicyclic) bond motifs is 1. The number of sulfonamides is 1. The standard InChI is InChI=1S/C28H36N8O5S/c1-6-22-24-25(32-36(22)23-10-8-9-19(3)30-23)28(37)33(4)26(31-24)21-17-20(18-29-27(21)41-16-15-40-5)42(38,39)35-13-11-34(7-2)12-14-35/h8-10,17-18H,6-7,11-16H2,1-5H3. The first kappa shape index (κ1) is 29.8. The average Bonchev–Trinajstić information content (AvgIpc) is 3.38. The number of pyridine rings is 2. The molecule has 224 valence electrons. The normalized spacial score (nSPS) is 15.0. The van der Waals surface area contributed by atoms with Gasteiger partial charge >= 0.3 is 0 Å². The summed E-state index contributed by atoms with van der Waals surface area (Å²) in [5.74, 6) is 0.941. The molecule has 0 atom stereocenters. The summed E-state index contributed by atoms with van der Waals surface area (Å²) in [6, 6.07) is 7.08. The summed E-state index contributed by atoms with van der Waals surface area (Å²) >= 11 is 0. The van der Waals surface area contributed by atoms with Crippen LogP contribution >= 0.6 is 0 Å². The molecule has 0 bridgehead atoms. The Labute approximate surface area is 244 Å². The van der Waals surface area contributed by atoms with Gasteiger partial charge in [-0.2, -0.15) is 9.40 Å². The van der Waals surface area contributed by atoms with Crippen LogP contribution in [-0.4, -0.2) is 100.0 Å². The number of ether oxygens (including phenoxy) is 2. The number of methoxy groups -OCH3 is 1. The van der Waals surface area contributed by atoms with Crippen molar-refractivity contribution >= 4 is 21.1 Å². The van der Waals surface area contributed by atoms with Crippen LogP contribution in [0.2, 0.25) is 0 Å². The van der Waals surface area contributed by atoms with Crippen molar-refractivity contribution in [3.63, 3.8) is 0 Å². The van der Waals surface area contributed by atoms with E-state index in [1.54, 1.807) is 18.8 Å². The monoisotopic (exact) mass is 596 g/mol. The van der Waals surface area contributed by atoms with Gasteiger partial charge in [0.15, 0.2) is 11.3 Å². The first-order chi connectivity index (χ1) is 20.2. The number of likely N-dealkylation sites (N-methyl/N-ethyl adjacent to an activating group) is 1. The molecule has 0 amide bonds. The molecule has 1 fully saturated rings. The second-order valence-corrected chi connectivity index (χ2v) is 12.0. The second kappa shape index (κ2) is 12.3. The van der Waals surface area contributed by atoms with Crippen LogP contribution in [0.25, 0.3) is 28.2 Å². The van der Waals surface area contributed by atoms with E-state index < -0.39 is 10.0 Å². The SMILES string of the molecule is CCc1c2nc(-c3cc(S(=O)(=O)N4CCN(CC)CC4)cnc3OCCOC)n(C)c(=O)c2nn1-c1cccc(C)n1. The Hall–Kier alpha value is -3.72. The quantitative estimate of drug-likeness (QED) is 0.249. The van der Waals surface area contributed by atoms with Crippen molar-refractivity contribution in [3.05, 3.63) is 52.2 Å². The van der Waals surface area contributed by atoms with Crippen LogP contribution < -0.4 is 10.3 Å². The largest absolute Gasteiger partial charge is 0.475 e. The molecule has 1 aliphatic rings. The van der Waals surface area contributed by atoms with Crippen LogP contribution in [0, 0.1) is 6.92 Å². The van der Waals surface area contributed by atoms with Crippen LogP contribution in [0.5, 0.6) is 5.88 Å². The fourth-order valence-corrected chi connectivity index (χ4v) is 6.44. The molecule has 5 rings (SSSR count). The van der Waals surface area contributed by atoms with Crippen LogP contribution in [0.4, 0.5) is 0 Å². The van der Waals surface area contributed by atoms with Crippen molar-refractivity contribution in [2.75, 3.05) is 53.0 Å². The lowest BCUT2D eigenvalue weighted by Crippen LogP contribution is -2.48. The van der Waals surface area contributed by atoms with Gasteiger partial charge < -0.3 is 14.4 Å². The van der Waals surface area contributed by atoms with Crippen molar-refractivity contribution in [1.82, 2.24) is 38.5 Å². The Bertz CT molecular complexity index is 1760. The Morgan fingerprint density at radius 2 is 1.79 bits per heavy atom. The van der Waals surface area contributed by atoms with Crippen molar-refractivity contribution in [2.45, 2.75) is 32.1 Å². The molecule has 5 heterocycles. The summed E-state index contributed by atoms with van der Waals surface area (Å²) in [6.07, 6.45) is 1.82. The van der Waals surface area contributed by atoms with Gasteiger partial charge in [-0.05, 0) is 38.1 Å². The van der Waals surface area contributed by atoms with Gasteiger partial charge in [0, 0.05) is 46.0 Å². The van der Waals surface area contributed by atoms with Crippen LogP contribution in [0.15, 0.2) is 40.2 Å². The number of hydrogen-bond acceptors (Lipinski definition) is 10. The van der Waals surface area contributed by atoms with E-state index in [2.05, 4.69) is 26.9 Å². The second-order valence-electron chi connectivity index (χ2n) is 10.0. The molecule has 1 aliphatic heterocycles. The summed E-state index contributed by atoms with van der Waals surface area (Å²) in [6.45, 7) is 9.30. The van der Waals surface area contributed by atoms with Crippen LogP contribution in [0.1, 0.15) is 25.2 Å². The fourth-order valence-electron chi connectivity index (χ4n) is 5.04. The zero-order valence-corrected chi connectivity index (χ0v) is 25.4. The highest BCUT2D eigenvalue weighted by Gasteiger charge is 2.30. The average molecular weight is 597 g/mol. The molecule has 14 heteroatoms. The molecular formula is C28H36N8O5S. The van der Waals surface area contributed by atoms with E-state index in [0.717, 1.165) is 12.2 Å². The molecule has 4 aromatic rings. The number of piperazine rings is 1. The highest BCUT2D eigenvalue weighted by molar-refractivity contribution is 7.89. The molecular weight excluding hydrogens is 560 g/mol. The van der Waals surface area contributed by atoms with E-state index >= 15 is 0 Å². The van der Waals surface area contributed by atoms with Gasteiger partial charge in [0.25, 0.3) is 5.56 Å².